The molecule has 0 radical (unpaired) electrons. The Hall–Kier alpha value is -0.0800. The van der Waals surface area contributed by atoms with Gasteiger partial charge in [-0.05, 0) is 6.42 Å². The van der Waals surface area contributed by atoms with Crippen LogP contribution in [0.3, 0.4) is 0 Å². The fourth-order valence-electron chi connectivity index (χ4n) is 2.28. The predicted molar refractivity (Wildman–Crippen MR) is 85.1 cm³/mol. The van der Waals surface area contributed by atoms with E-state index >= 15 is 0 Å². The predicted octanol–water partition coefficient (Wildman–Crippen LogP) is 5.33. The van der Waals surface area contributed by atoms with Gasteiger partial charge >= 0.3 is 0 Å². The zero-order valence-electron chi connectivity index (χ0n) is 14.0. The minimum absolute atomic E-state index is 0.623. The Labute approximate surface area is 122 Å². The van der Waals surface area contributed by atoms with Crippen LogP contribution in [0, 0.1) is 0 Å². The molecule has 0 aliphatic rings. The molecule has 0 saturated carbocycles. The summed E-state index contributed by atoms with van der Waals surface area (Å²) in [4.78, 5) is 5.66. The highest BCUT2D eigenvalue weighted by Crippen LogP contribution is 2.12. The third-order valence-corrected chi connectivity index (χ3v) is 3.48. The van der Waals surface area contributed by atoms with Crippen molar-refractivity contribution >= 4 is 0 Å². The normalized spacial score (nSPS) is 12.0. The maximum atomic E-state index is 5.66. The van der Waals surface area contributed by atoms with E-state index in [9.17, 15) is 0 Å². The molecule has 0 amide bonds. The smallest absolute Gasteiger partial charge is 0.106 e. The minimum atomic E-state index is 0.623. The summed E-state index contributed by atoms with van der Waals surface area (Å²) in [5, 5.41) is 0. The van der Waals surface area contributed by atoms with Crippen LogP contribution < -0.4 is 0 Å². The quantitative estimate of drug-likeness (QED) is 0.236. The summed E-state index contributed by atoms with van der Waals surface area (Å²) in [6, 6.07) is 0. The van der Waals surface area contributed by atoms with Crippen molar-refractivity contribution in [1.29, 1.82) is 0 Å². The van der Waals surface area contributed by atoms with Gasteiger partial charge in [-0.2, -0.15) is 4.65 Å². The second-order valence-corrected chi connectivity index (χ2v) is 6.61. The summed E-state index contributed by atoms with van der Waals surface area (Å²) in [5.41, 5.74) is 0. The fraction of sp³-hybridized carbons (Fsp3) is 1.00. The van der Waals surface area contributed by atoms with E-state index in [0.717, 1.165) is 6.61 Å². The molecule has 0 heterocycles. The SMILES string of the molecule is CCCCCCCCCCCCCCO[N+](C)(C)C. The summed E-state index contributed by atoms with van der Waals surface area (Å²) in [6.45, 7) is 3.19. The molecule has 19 heavy (non-hydrogen) atoms. The first kappa shape index (κ1) is 18.9. The largest absolute Gasteiger partial charge is 0.204 e. The summed E-state index contributed by atoms with van der Waals surface area (Å²) in [6.07, 6.45) is 16.8. The van der Waals surface area contributed by atoms with Crippen LogP contribution >= 0.6 is 0 Å². The molecule has 0 aromatic rings. The number of unbranched alkanes of at least 4 members (excludes halogenated alkanes) is 11. The number of quaternary nitrogens is 1. The van der Waals surface area contributed by atoms with Gasteiger partial charge in [0.05, 0.1) is 21.1 Å². The maximum absolute atomic E-state index is 5.66. The molecule has 0 aromatic heterocycles. The van der Waals surface area contributed by atoms with E-state index < -0.39 is 0 Å². The number of hydrogen-bond donors (Lipinski definition) is 0. The minimum Gasteiger partial charge on any atom is -0.204 e. The van der Waals surface area contributed by atoms with E-state index in [2.05, 4.69) is 28.1 Å². The van der Waals surface area contributed by atoms with Crippen LogP contribution in [-0.2, 0) is 4.84 Å². The van der Waals surface area contributed by atoms with E-state index in [1.54, 1.807) is 0 Å². The van der Waals surface area contributed by atoms with Crippen LogP contribution in [0.2, 0.25) is 0 Å². The number of nitrogens with zero attached hydrogens (tertiary/aromatic N) is 1. The molecule has 0 unspecified atom stereocenters. The van der Waals surface area contributed by atoms with Crippen LogP contribution in [0.5, 0.6) is 0 Å². The summed E-state index contributed by atoms with van der Waals surface area (Å²) in [7, 11) is 6.21. The molecule has 0 aliphatic heterocycles. The Balaban J connectivity index is 2.99. The van der Waals surface area contributed by atoms with Gasteiger partial charge in [0.25, 0.3) is 0 Å². The van der Waals surface area contributed by atoms with Crippen LogP contribution in [0.15, 0.2) is 0 Å². The Kier molecular flexibility index (Phi) is 12.9. The lowest BCUT2D eigenvalue weighted by atomic mass is 10.1. The molecule has 0 fully saturated rings. The van der Waals surface area contributed by atoms with Crippen LogP contribution in [0.25, 0.3) is 0 Å². The van der Waals surface area contributed by atoms with Crippen molar-refractivity contribution in [3.8, 4) is 0 Å². The van der Waals surface area contributed by atoms with E-state index in [-0.39, 0.29) is 0 Å². The van der Waals surface area contributed by atoms with Crippen LogP contribution in [0.4, 0.5) is 0 Å². The van der Waals surface area contributed by atoms with E-state index in [0.29, 0.717) is 4.65 Å². The molecule has 0 saturated heterocycles. The van der Waals surface area contributed by atoms with Crippen molar-refractivity contribution in [2.24, 2.45) is 0 Å². The molecular formula is C17H38NO+. The molecule has 2 heteroatoms. The second-order valence-electron chi connectivity index (χ2n) is 6.61. The van der Waals surface area contributed by atoms with Gasteiger partial charge in [-0.15, -0.1) is 0 Å². The zero-order valence-corrected chi connectivity index (χ0v) is 14.0. The van der Waals surface area contributed by atoms with Gasteiger partial charge in [0.2, 0.25) is 0 Å². The second kappa shape index (κ2) is 12.9. The number of rotatable bonds is 14. The first-order valence-corrected chi connectivity index (χ1v) is 8.52. The van der Waals surface area contributed by atoms with E-state index in [1.807, 2.05) is 0 Å². The number of hydrogen-bond acceptors (Lipinski definition) is 1. The summed E-state index contributed by atoms with van der Waals surface area (Å²) >= 11 is 0. The Bertz CT molecular complexity index is 175. The van der Waals surface area contributed by atoms with Gasteiger partial charge in [-0.3, -0.25) is 0 Å². The molecule has 0 atom stereocenters. The maximum Gasteiger partial charge on any atom is 0.106 e. The van der Waals surface area contributed by atoms with Crippen LogP contribution in [-0.4, -0.2) is 32.4 Å². The lowest BCUT2D eigenvalue weighted by Crippen LogP contribution is -2.34. The lowest BCUT2D eigenvalue weighted by Gasteiger charge is -2.20. The third kappa shape index (κ3) is 17.9. The summed E-state index contributed by atoms with van der Waals surface area (Å²) < 4.78 is 0.623. The van der Waals surface area contributed by atoms with Crippen LogP contribution in [0.1, 0.15) is 84.0 Å². The highest BCUT2D eigenvalue weighted by atomic mass is 16.7. The number of hydroxylamine groups is 3. The lowest BCUT2D eigenvalue weighted by molar-refractivity contribution is -1.06. The standard InChI is InChI=1S/C17H38NO/c1-5-6-7-8-9-10-11-12-13-14-15-16-17-19-18(2,3)4/h5-17H2,1-4H3/q+1. The Morgan fingerprint density at radius 3 is 1.32 bits per heavy atom. The molecule has 0 N–H and O–H groups in total. The Morgan fingerprint density at radius 1 is 0.579 bits per heavy atom. The first-order chi connectivity index (χ1) is 9.06. The van der Waals surface area contributed by atoms with Crippen molar-refractivity contribution in [1.82, 2.24) is 0 Å². The van der Waals surface area contributed by atoms with Gasteiger partial charge in [-0.1, -0.05) is 77.6 Å². The average molecular weight is 272 g/mol. The zero-order chi connectivity index (χ0) is 14.4. The van der Waals surface area contributed by atoms with Gasteiger partial charge < -0.3 is 0 Å². The topological polar surface area (TPSA) is 9.23 Å². The van der Waals surface area contributed by atoms with Gasteiger partial charge in [0.15, 0.2) is 0 Å². The third-order valence-electron chi connectivity index (χ3n) is 3.48. The van der Waals surface area contributed by atoms with Crippen molar-refractivity contribution in [3.05, 3.63) is 0 Å². The van der Waals surface area contributed by atoms with Gasteiger partial charge in [-0.25, -0.2) is 4.84 Å². The van der Waals surface area contributed by atoms with E-state index in [4.69, 9.17) is 4.84 Å². The van der Waals surface area contributed by atoms with Crippen molar-refractivity contribution in [2.75, 3.05) is 27.7 Å². The molecule has 0 spiro atoms. The monoisotopic (exact) mass is 272 g/mol. The highest BCUT2D eigenvalue weighted by Gasteiger charge is 2.06. The Morgan fingerprint density at radius 2 is 0.947 bits per heavy atom. The van der Waals surface area contributed by atoms with E-state index in [1.165, 1.54) is 77.0 Å². The molecule has 116 valence electrons. The first-order valence-electron chi connectivity index (χ1n) is 8.52. The highest BCUT2D eigenvalue weighted by molar-refractivity contribution is 4.48. The van der Waals surface area contributed by atoms with Gasteiger partial charge in [0, 0.05) is 0 Å². The van der Waals surface area contributed by atoms with Crippen molar-refractivity contribution in [2.45, 2.75) is 84.0 Å². The molecular weight excluding hydrogens is 234 g/mol. The molecule has 0 aromatic carbocycles. The molecule has 0 rings (SSSR count). The molecule has 0 aliphatic carbocycles. The van der Waals surface area contributed by atoms with Gasteiger partial charge in [0.1, 0.15) is 6.61 Å². The summed E-state index contributed by atoms with van der Waals surface area (Å²) in [5.74, 6) is 0. The molecule has 0 bridgehead atoms. The average Bonchev–Trinajstić information content (AvgIpc) is 2.34. The molecule has 2 nitrogen and oxygen atoms in total. The van der Waals surface area contributed by atoms with Crippen molar-refractivity contribution < 1.29 is 9.48 Å². The van der Waals surface area contributed by atoms with Crippen molar-refractivity contribution in [3.63, 3.8) is 0 Å². The fourth-order valence-corrected chi connectivity index (χ4v) is 2.28.